The Balaban J connectivity index is 1.71. The van der Waals surface area contributed by atoms with Gasteiger partial charge in [0.1, 0.15) is 0 Å². The number of alkyl halides is 3. The van der Waals surface area contributed by atoms with Gasteiger partial charge in [-0.3, -0.25) is 4.98 Å². The van der Waals surface area contributed by atoms with Gasteiger partial charge in [-0.2, -0.15) is 13.2 Å². The number of aromatic nitrogens is 1. The Kier molecular flexibility index (Phi) is 6.26. The Morgan fingerprint density at radius 2 is 1.55 bits per heavy atom. The lowest BCUT2D eigenvalue weighted by atomic mass is 10.0. The first-order valence-electron chi connectivity index (χ1n) is 8.52. The van der Waals surface area contributed by atoms with Crippen molar-refractivity contribution >= 4 is 21.6 Å². The number of pyridine rings is 1. The van der Waals surface area contributed by atoms with Crippen LogP contribution in [0.15, 0.2) is 71.9 Å². The minimum Gasteiger partial charge on any atom is -0.265 e. The number of hydrogen-bond donors (Lipinski definition) is 1. The van der Waals surface area contributed by atoms with Crippen molar-refractivity contribution in [2.24, 2.45) is 0 Å². The van der Waals surface area contributed by atoms with Gasteiger partial charge in [0.25, 0.3) is 0 Å². The number of halogens is 4. The molecule has 3 rings (SSSR count). The molecular weight excluding hydrogens is 425 g/mol. The molecule has 1 aromatic heterocycles. The van der Waals surface area contributed by atoms with Crippen molar-refractivity contribution in [2.75, 3.05) is 6.54 Å². The van der Waals surface area contributed by atoms with Gasteiger partial charge >= 0.3 is 6.18 Å². The number of nitrogens with zero attached hydrogens (tertiary/aromatic N) is 1. The summed E-state index contributed by atoms with van der Waals surface area (Å²) in [6.45, 7) is 0.225. The average molecular weight is 441 g/mol. The minimum absolute atomic E-state index is 0.0639. The summed E-state index contributed by atoms with van der Waals surface area (Å²) in [4.78, 5) is 3.97. The van der Waals surface area contributed by atoms with E-state index in [0.717, 1.165) is 11.6 Å². The van der Waals surface area contributed by atoms with E-state index in [1.807, 2.05) is 0 Å². The minimum atomic E-state index is -4.53. The van der Waals surface area contributed by atoms with Gasteiger partial charge < -0.3 is 0 Å². The molecule has 0 radical (unpaired) electrons. The maximum absolute atomic E-state index is 12.8. The molecule has 0 saturated heterocycles. The molecule has 0 saturated carbocycles. The van der Waals surface area contributed by atoms with Crippen LogP contribution >= 0.6 is 11.6 Å². The molecule has 0 bridgehead atoms. The van der Waals surface area contributed by atoms with E-state index in [4.69, 9.17) is 11.6 Å². The zero-order valence-corrected chi connectivity index (χ0v) is 16.5. The molecule has 1 N–H and O–H groups in total. The molecule has 29 heavy (non-hydrogen) atoms. The van der Waals surface area contributed by atoms with E-state index in [1.165, 1.54) is 36.4 Å². The van der Waals surface area contributed by atoms with Crippen LogP contribution in [0.4, 0.5) is 13.2 Å². The summed E-state index contributed by atoms with van der Waals surface area (Å²) in [5, 5.41) is -0.413. The summed E-state index contributed by atoms with van der Waals surface area (Å²) in [5.74, 6) is 0. The van der Waals surface area contributed by atoms with E-state index in [1.54, 1.807) is 24.5 Å². The van der Waals surface area contributed by atoms with Crippen LogP contribution in [0.2, 0.25) is 5.02 Å². The van der Waals surface area contributed by atoms with E-state index in [2.05, 4.69) is 9.71 Å². The Morgan fingerprint density at radius 1 is 0.931 bits per heavy atom. The fourth-order valence-corrected chi connectivity index (χ4v) is 4.03. The molecule has 3 aromatic rings. The van der Waals surface area contributed by atoms with Crippen LogP contribution in [0.5, 0.6) is 0 Å². The molecule has 0 unspecified atom stereocenters. The van der Waals surface area contributed by atoms with Crippen molar-refractivity contribution in [1.82, 2.24) is 9.71 Å². The third kappa shape index (κ3) is 5.35. The molecule has 0 aliphatic rings. The topological polar surface area (TPSA) is 59.1 Å². The Morgan fingerprint density at radius 3 is 2.14 bits per heavy atom. The maximum atomic E-state index is 12.8. The monoisotopic (exact) mass is 440 g/mol. The van der Waals surface area contributed by atoms with Gasteiger partial charge in [-0.25, -0.2) is 13.1 Å². The van der Waals surface area contributed by atoms with Crippen molar-refractivity contribution < 1.29 is 21.6 Å². The highest BCUT2D eigenvalue weighted by molar-refractivity contribution is 7.89. The third-order valence-electron chi connectivity index (χ3n) is 4.23. The maximum Gasteiger partial charge on any atom is 0.417 e. The normalized spacial score (nSPS) is 12.1. The molecule has 0 aliphatic carbocycles. The fraction of sp³-hybridized carbons (Fsp3) is 0.150. The highest BCUT2D eigenvalue weighted by Crippen LogP contribution is 2.36. The van der Waals surface area contributed by atoms with Gasteiger partial charge in [-0.1, -0.05) is 29.8 Å². The molecule has 0 fully saturated rings. The van der Waals surface area contributed by atoms with Crippen molar-refractivity contribution in [3.63, 3.8) is 0 Å². The van der Waals surface area contributed by atoms with Gasteiger partial charge in [-0.15, -0.1) is 0 Å². The summed E-state index contributed by atoms with van der Waals surface area (Å²) in [5.41, 5.74) is 1.05. The number of hydrogen-bond acceptors (Lipinski definition) is 3. The van der Waals surface area contributed by atoms with Crippen LogP contribution in [0.1, 0.15) is 11.1 Å². The molecule has 152 valence electrons. The van der Waals surface area contributed by atoms with Gasteiger partial charge in [0.2, 0.25) is 10.0 Å². The lowest BCUT2D eigenvalue weighted by Gasteiger charge is -2.11. The zero-order valence-electron chi connectivity index (χ0n) is 14.9. The Hall–Kier alpha value is -2.42. The quantitative estimate of drug-likeness (QED) is 0.590. The van der Waals surface area contributed by atoms with Crippen LogP contribution in [0.3, 0.4) is 0 Å². The predicted molar refractivity (Wildman–Crippen MR) is 105 cm³/mol. The van der Waals surface area contributed by atoms with Gasteiger partial charge in [0, 0.05) is 18.9 Å². The Bertz CT molecular complexity index is 1090. The van der Waals surface area contributed by atoms with Crippen LogP contribution in [-0.4, -0.2) is 19.9 Å². The number of sulfonamides is 1. The lowest BCUT2D eigenvalue weighted by Crippen LogP contribution is -2.25. The summed E-state index contributed by atoms with van der Waals surface area (Å²) in [6, 6.07) is 12.9. The second-order valence-corrected chi connectivity index (χ2v) is 8.39. The molecule has 0 spiro atoms. The van der Waals surface area contributed by atoms with Crippen LogP contribution in [-0.2, 0) is 22.6 Å². The van der Waals surface area contributed by atoms with E-state index in [9.17, 15) is 21.6 Å². The van der Waals surface area contributed by atoms with Gasteiger partial charge in [-0.05, 0) is 59.5 Å². The van der Waals surface area contributed by atoms with Crippen molar-refractivity contribution in [3.8, 4) is 11.1 Å². The predicted octanol–water partition coefficient (Wildman–Crippen LogP) is 4.94. The number of nitrogens with one attached hydrogen (secondary N) is 1. The first-order valence-corrected chi connectivity index (χ1v) is 10.4. The SMILES string of the molecule is O=S(=O)(NCCc1ccncc1)c1ccc(-c2ccc(C(F)(F)F)c(Cl)c2)cc1. The summed E-state index contributed by atoms with van der Waals surface area (Å²) in [7, 11) is -3.70. The molecule has 4 nitrogen and oxygen atoms in total. The summed E-state index contributed by atoms with van der Waals surface area (Å²) in [6.07, 6.45) is -0.745. The van der Waals surface area contributed by atoms with Gasteiger partial charge in [0.05, 0.1) is 15.5 Å². The lowest BCUT2D eigenvalue weighted by molar-refractivity contribution is -0.137. The molecule has 0 aliphatic heterocycles. The van der Waals surface area contributed by atoms with E-state index in [0.29, 0.717) is 17.5 Å². The molecule has 9 heteroatoms. The first-order chi connectivity index (χ1) is 13.7. The van der Waals surface area contributed by atoms with Crippen molar-refractivity contribution in [2.45, 2.75) is 17.5 Å². The molecular formula is C20H16ClF3N2O2S. The Labute approximate surface area is 171 Å². The van der Waals surface area contributed by atoms with E-state index in [-0.39, 0.29) is 11.4 Å². The fourth-order valence-electron chi connectivity index (χ4n) is 2.71. The first kappa shape index (κ1) is 21.3. The van der Waals surface area contributed by atoms with Crippen LogP contribution in [0, 0.1) is 0 Å². The highest BCUT2D eigenvalue weighted by Gasteiger charge is 2.33. The van der Waals surface area contributed by atoms with Crippen molar-refractivity contribution in [3.05, 3.63) is 83.1 Å². The number of benzene rings is 2. The zero-order chi connectivity index (χ0) is 21.1. The standard InChI is InChI=1S/C20H16ClF3N2O2S/c21-19-13-16(3-6-18(19)20(22,23)24)15-1-4-17(5-2-15)29(27,28)26-12-9-14-7-10-25-11-8-14/h1-8,10-11,13,26H,9,12H2. The molecule has 2 aromatic carbocycles. The second-order valence-electron chi connectivity index (χ2n) is 6.22. The van der Waals surface area contributed by atoms with E-state index < -0.39 is 26.8 Å². The summed E-state index contributed by atoms with van der Waals surface area (Å²) >= 11 is 5.75. The average Bonchev–Trinajstić information content (AvgIpc) is 2.68. The largest absolute Gasteiger partial charge is 0.417 e. The van der Waals surface area contributed by atoms with Crippen LogP contribution < -0.4 is 4.72 Å². The molecule has 0 amide bonds. The van der Waals surface area contributed by atoms with E-state index >= 15 is 0 Å². The van der Waals surface area contributed by atoms with Gasteiger partial charge in [0.15, 0.2) is 0 Å². The van der Waals surface area contributed by atoms with Crippen LogP contribution in [0.25, 0.3) is 11.1 Å². The molecule has 1 heterocycles. The number of rotatable bonds is 6. The third-order valence-corrected chi connectivity index (χ3v) is 6.02. The van der Waals surface area contributed by atoms with Crippen molar-refractivity contribution in [1.29, 1.82) is 0 Å². The molecule has 0 atom stereocenters. The smallest absolute Gasteiger partial charge is 0.265 e. The summed E-state index contributed by atoms with van der Waals surface area (Å²) < 4.78 is 65.8. The second kappa shape index (κ2) is 8.52. The highest BCUT2D eigenvalue weighted by atomic mass is 35.5.